The number of rotatable bonds is 4. The van der Waals surface area contributed by atoms with Crippen molar-refractivity contribution in [1.29, 1.82) is 0 Å². The lowest BCUT2D eigenvalue weighted by Crippen LogP contribution is -2.09. The predicted octanol–water partition coefficient (Wildman–Crippen LogP) is 3.36. The fraction of sp³-hybridized carbons (Fsp3) is 0.214. The lowest BCUT2D eigenvalue weighted by molar-refractivity contribution is 0.641. The van der Waals surface area contributed by atoms with Gasteiger partial charge in [-0.3, -0.25) is 4.99 Å². The van der Waals surface area contributed by atoms with Crippen molar-refractivity contribution in [1.82, 2.24) is 14.6 Å². The highest BCUT2D eigenvalue weighted by Gasteiger charge is 2.13. The number of hydrogen-bond acceptors (Lipinski definition) is 4. The number of nitrogens with zero attached hydrogens (tertiary/aromatic N) is 5. The highest BCUT2D eigenvalue weighted by Crippen LogP contribution is 2.25. The van der Waals surface area contributed by atoms with Crippen LogP contribution in [0.1, 0.15) is 12.6 Å². The van der Waals surface area contributed by atoms with Gasteiger partial charge in [0.15, 0.2) is 5.65 Å². The minimum absolute atomic E-state index is 0.357. The molecule has 0 aromatic carbocycles. The van der Waals surface area contributed by atoms with Crippen molar-refractivity contribution in [3.05, 3.63) is 41.2 Å². The molecule has 0 saturated carbocycles. The molecule has 2 rings (SSSR count). The first-order chi connectivity index (χ1) is 9.93. The van der Waals surface area contributed by atoms with Gasteiger partial charge in [0.1, 0.15) is 10.8 Å². The number of anilines is 1. The van der Waals surface area contributed by atoms with Crippen molar-refractivity contribution >= 4 is 35.2 Å². The quantitative estimate of drug-likeness (QED) is 0.494. The summed E-state index contributed by atoms with van der Waals surface area (Å²) >= 11 is 6.22. The van der Waals surface area contributed by atoms with Crippen LogP contribution >= 0.6 is 11.6 Å². The zero-order valence-electron chi connectivity index (χ0n) is 12.0. The van der Waals surface area contributed by atoms with Crippen molar-refractivity contribution in [2.24, 2.45) is 4.99 Å². The van der Waals surface area contributed by atoms with E-state index in [1.807, 2.05) is 19.0 Å². The molecule has 110 valence electrons. The molecule has 0 saturated heterocycles. The predicted molar refractivity (Wildman–Crippen MR) is 84.7 cm³/mol. The standard InChI is InChI=1S/C14H15ClFN5/c1-9(16)5-10(7-17-2)11-6-13(15)21-14(19-11)12(8-18-21)20(3)4/h5-8H,2H2,1,3-4H3/b9-5+,10-7+. The van der Waals surface area contributed by atoms with Crippen LogP contribution in [0.15, 0.2) is 35.4 Å². The van der Waals surface area contributed by atoms with Gasteiger partial charge in [-0.1, -0.05) is 11.6 Å². The van der Waals surface area contributed by atoms with Crippen LogP contribution in [0.3, 0.4) is 0 Å². The molecule has 0 spiro atoms. The molecule has 0 fully saturated rings. The monoisotopic (exact) mass is 307 g/mol. The smallest absolute Gasteiger partial charge is 0.180 e. The summed E-state index contributed by atoms with van der Waals surface area (Å²) in [7, 11) is 3.76. The molecule has 5 nitrogen and oxygen atoms in total. The van der Waals surface area contributed by atoms with Crippen molar-refractivity contribution < 1.29 is 4.39 Å². The maximum Gasteiger partial charge on any atom is 0.180 e. The van der Waals surface area contributed by atoms with Crippen molar-refractivity contribution in [2.45, 2.75) is 6.92 Å². The van der Waals surface area contributed by atoms with E-state index >= 15 is 0 Å². The Balaban J connectivity index is 2.69. The topological polar surface area (TPSA) is 45.8 Å². The van der Waals surface area contributed by atoms with Crippen molar-refractivity contribution in [3.63, 3.8) is 0 Å². The van der Waals surface area contributed by atoms with Gasteiger partial charge in [-0.15, -0.1) is 0 Å². The van der Waals surface area contributed by atoms with E-state index in [2.05, 4.69) is 21.8 Å². The van der Waals surface area contributed by atoms with Gasteiger partial charge in [0.2, 0.25) is 0 Å². The second kappa shape index (κ2) is 6.05. The van der Waals surface area contributed by atoms with E-state index in [1.165, 1.54) is 23.7 Å². The van der Waals surface area contributed by atoms with Crippen LogP contribution in [0.25, 0.3) is 11.2 Å². The van der Waals surface area contributed by atoms with Gasteiger partial charge in [0, 0.05) is 31.9 Å². The molecular weight excluding hydrogens is 293 g/mol. The van der Waals surface area contributed by atoms with Crippen molar-refractivity contribution in [2.75, 3.05) is 19.0 Å². The van der Waals surface area contributed by atoms with E-state index in [1.54, 1.807) is 12.3 Å². The Morgan fingerprint density at radius 1 is 1.52 bits per heavy atom. The van der Waals surface area contributed by atoms with Crippen LogP contribution in [0.5, 0.6) is 0 Å². The molecule has 7 heteroatoms. The molecule has 0 aliphatic carbocycles. The van der Waals surface area contributed by atoms with E-state index in [0.29, 0.717) is 22.1 Å². The molecule has 2 aromatic heterocycles. The first kappa shape index (κ1) is 15.2. The number of fused-ring (bicyclic) bond motifs is 1. The summed E-state index contributed by atoms with van der Waals surface area (Å²) < 4.78 is 14.7. The Morgan fingerprint density at radius 3 is 2.81 bits per heavy atom. The average Bonchev–Trinajstić information content (AvgIpc) is 2.82. The fourth-order valence-corrected chi connectivity index (χ4v) is 2.10. The zero-order valence-corrected chi connectivity index (χ0v) is 12.8. The third kappa shape index (κ3) is 3.11. The van der Waals surface area contributed by atoms with Gasteiger partial charge in [-0.25, -0.2) is 13.9 Å². The Bertz CT molecular complexity index is 741. The van der Waals surface area contributed by atoms with Gasteiger partial charge in [-0.2, -0.15) is 5.10 Å². The molecule has 2 heterocycles. The molecular formula is C14H15ClFN5. The molecule has 0 aliphatic heterocycles. The van der Waals surface area contributed by atoms with Crippen LogP contribution in [0.4, 0.5) is 10.1 Å². The molecule has 2 aromatic rings. The number of aromatic nitrogens is 3. The molecule has 0 amide bonds. The van der Waals surface area contributed by atoms with Gasteiger partial charge < -0.3 is 4.90 Å². The number of aliphatic imine (C=N–C) groups is 1. The van der Waals surface area contributed by atoms with Crippen LogP contribution in [-0.2, 0) is 0 Å². The van der Waals surface area contributed by atoms with Crippen LogP contribution in [0.2, 0.25) is 5.15 Å². The van der Waals surface area contributed by atoms with E-state index in [9.17, 15) is 4.39 Å². The lowest BCUT2D eigenvalue weighted by atomic mass is 10.2. The second-order valence-corrected chi connectivity index (χ2v) is 5.01. The second-order valence-electron chi connectivity index (χ2n) is 4.62. The largest absolute Gasteiger partial charge is 0.373 e. The Hall–Kier alpha value is -2.21. The molecule has 0 radical (unpaired) electrons. The van der Waals surface area contributed by atoms with Crippen LogP contribution < -0.4 is 4.90 Å². The summed E-state index contributed by atoms with van der Waals surface area (Å²) in [6, 6.07) is 1.61. The third-order valence-electron chi connectivity index (χ3n) is 2.77. The van der Waals surface area contributed by atoms with Gasteiger partial charge in [0.25, 0.3) is 0 Å². The minimum atomic E-state index is -0.357. The highest BCUT2D eigenvalue weighted by atomic mass is 35.5. The fourth-order valence-electron chi connectivity index (χ4n) is 1.87. The zero-order chi connectivity index (χ0) is 15.6. The number of allylic oxidation sites excluding steroid dienone is 3. The summed E-state index contributed by atoms with van der Waals surface area (Å²) in [6.45, 7) is 4.74. The molecule has 0 N–H and O–H groups in total. The summed E-state index contributed by atoms with van der Waals surface area (Å²) in [5.41, 5.74) is 2.38. The molecule has 0 unspecified atom stereocenters. The number of halogens is 2. The average molecular weight is 308 g/mol. The summed E-state index contributed by atoms with van der Waals surface area (Å²) in [5.74, 6) is -0.357. The summed E-state index contributed by atoms with van der Waals surface area (Å²) in [4.78, 5) is 10.1. The Labute approximate surface area is 127 Å². The van der Waals surface area contributed by atoms with E-state index < -0.39 is 0 Å². The lowest BCUT2D eigenvalue weighted by Gasteiger charge is -2.10. The van der Waals surface area contributed by atoms with Gasteiger partial charge in [-0.05, 0) is 19.7 Å². The number of hydrogen-bond donors (Lipinski definition) is 0. The molecule has 21 heavy (non-hydrogen) atoms. The van der Waals surface area contributed by atoms with Gasteiger partial charge in [0.05, 0.1) is 17.7 Å². The molecule has 0 aliphatic rings. The highest BCUT2D eigenvalue weighted by molar-refractivity contribution is 6.30. The SMILES string of the molecule is C=N/C=C(\C=C(/C)F)c1cc(Cl)n2ncc(N(C)C)c2n1. The van der Waals surface area contributed by atoms with E-state index in [4.69, 9.17) is 11.6 Å². The van der Waals surface area contributed by atoms with E-state index in [0.717, 1.165) is 5.69 Å². The van der Waals surface area contributed by atoms with Gasteiger partial charge >= 0.3 is 0 Å². The first-order valence-corrected chi connectivity index (χ1v) is 6.53. The summed E-state index contributed by atoms with van der Waals surface area (Å²) in [5, 5.41) is 4.56. The Kier molecular flexibility index (Phi) is 4.37. The van der Waals surface area contributed by atoms with Crippen LogP contribution in [0, 0.1) is 0 Å². The minimum Gasteiger partial charge on any atom is -0.373 e. The maximum atomic E-state index is 13.2. The summed E-state index contributed by atoms with van der Waals surface area (Å²) in [6.07, 6.45) is 4.43. The Morgan fingerprint density at radius 2 is 2.24 bits per heavy atom. The molecule has 0 bridgehead atoms. The molecule has 0 atom stereocenters. The van der Waals surface area contributed by atoms with E-state index in [-0.39, 0.29) is 5.83 Å². The van der Waals surface area contributed by atoms with Crippen LogP contribution in [-0.4, -0.2) is 35.4 Å². The third-order valence-corrected chi connectivity index (χ3v) is 3.04. The normalized spacial score (nSPS) is 12.8. The van der Waals surface area contributed by atoms with Crippen molar-refractivity contribution in [3.8, 4) is 0 Å². The maximum absolute atomic E-state index is 13.2. The first-order valence-electron chi connectivity index (χ1n) is 6.16.